The molecule has 0 saturated carbocycles. The number of nitrogens with zero attached hydrogens (tertiary/aromatic N) is 3. The monoisotopic (exact) mass is 560 g/mol. The van der Waals surface area contributed by atoms with Crippen LogP contribution in [0.15, 0.2) is 59.1 Å². The number of rotatable bonds is 10. The van der Waals surface area contributed by atoms with Crippen LogP contribution < -0.4 is 10.1 Å². The summed E-state index contributed by atoms with van der Waals surface area (Å²) in [6.45, 7) is 2.75. The van der Waals surface area contributed by atoms with Crippen LogP contribution in [-0.4, -0.2) is 39.5 Å². The molecule has 0 aliphatic carbocycles. The Hall–Kier alpha value is -3.41. The minimum atomic E-state index is -0.598. The summed E-state index contributed by atoms with van der Waals surface area (Å²) >= 11 is 8.32. The summed E-state index contributed by atoms with van der Waals surface area (Å²) in [6.07, 6.45) is 0. The fourth-order valence-electron chi connectivity index (χ4n) is 3.42. The number of aromatic nitrogens is 3. The molecule has 8 nitrogen and oxygen atoms in total. The summed E-state index contributed by atoms with van der Waals surface area (Å²) in [5, 5.41) is 14.4. The zero-order valence-electron chi connectivity index (χ0n) is 19.9. The van der Waals surface area contributed by atoms with Gasteiger partial charge in [-0.2, -0.15) is 0 Å². The van der Waals surface area contributed by atoms with Gasteiger partial charge in [0.05, 0.1) is 12.9 Å². The molecule has 0 aliphatic heterocycles. The highest BCUT2D eigenvalue weighted by Gasteiger charge is 2.23. The van der Waals surface area contributed by atoms with Crippen LogP contribution in [-0.2, 0) is 22.7 Å². The standard InChI is InChI=1S/C25H22ClFN4O4S2/c1-3-31-20(12-35-18-10-6-16(26)7-11-18)29-30-25(31)37-14-21(32)28-23-22(24(33)34-2)19(13-36-23)15-4-8-17(27)9-5-15/h4-11,13H,3,12,14H2,1-2H3,(H,28,32). The van der Waals surface area contributed by atoms with E-state index in [2.05, 4.69) is 15.5 Å². The zero-order valence-corrected chi connectivity index (χ0v) is 22.3. The van der Waals surface area contributed by atoms with Crippen molar-refractivity contribution in [3.8, 4) is 16.9 Å². The van der Waals surface area contributed by atoms with Crippen LogP contribution in [0.5, 0.6) is 5.75 Å². The second-order valence-corrected chi connectivity index (χ2v) is 9.83. The van der Waals surface area contributed by atoms with E-state index in [0.717, 1.165) is 0 Å². The maximum atomic E-state index is 13.3. The van der Waals surface area contributed by atoms with Gasteiger partial charge < -0.3 is 19.4 Å². The first-order chi connectivity index (χ1) is 17.9. The van der Waals surface area contributed by atoms with E-state index in [1.54, 1.807) is 41.8 Å². The van der Waals surface area contributed by atoms with Gasteiger partial charge in [0.15, 0.2) is 11.0 Å². The normalized spacial score (nSPS) is 10.8. The number of amides is 1. The van der Waals surface area contributed by atoms with Gasteiger partial charge in [-0.15, -0.1) is 21.5 Å². The fourth-order valence-corrected chi connectivity index (χ4v) is 5.34. The quantitative estimate of drug-likeness (QED) is 0.190. The molecule has 0 aliphatic rings. The van der Waals surface area contributed by atoms with Gasteiger partial charge >= 0.3 is 5.97 Å². The van der Waals surface area contributed by atoms with E-state index in [1.165, 1.54) is 42.3 Å². The van der Waals surface area contributed by atoms with Crippen LogP contribution in [0.1, 0.15) is 23.1 Å². The molecule has 0 fully saturated rings. The highest BCUT2D eigenvalue weighted by Crippen LogP contribution is 2.36. The minimum Gasteiger partial charge on any atom is -0.486 e. The lowest BCUT2D eigenvalue weighted by Crippen LogP contribution is -2.16. The lowest BCUT2D eigenvalue weighted by molar-refractivity contribution is -0.113. The molecule has 2 aromatic heterocycles. The van der Waals surface area contributed by atoms with Crippen LogP contribution in [0.3, 0.4) is 0 Å². The van der Waals surface area contributed by atoms with Crippen molar-refractivity contribution in [2.75, 3.05) is 18.2 Å². The lowest BCUT2D eigenvalue weighted by Gasteiger charge is -2.09. The minimum absolute atomic E-state index is 0.0422. The molecule has 0 saturated heterocycles. The summed E-state index contributed by atoms with van der Waals surface area (Å²) in [4.78, 5) is 25.3. The molecule has 4 rings (SSSR count). The third-order valence-corrected chi connectivity index (χ3v) is 7.33. The number of esters is 1. The summed E-state index contributed by atoms with van der Waals surface area (Å²) in [6, 6.07) is 12.8. The number of thioether (sulfide) groups is 1. The molecule has 4 aromatic rings. The van der Waals surface area contributed by atoms with E-state index in [1.807, 2.05) is 11.5 Å². The van der Waals surface area contributed by atoms with Gasteiger partial charge in [0.1, 0.15) is 28.7 Å². The van der Waals surface area contributed by atoms with Gasteiger partial charge in [-0.1, -0.05) is 35.5 Å². The fraction of sp³-hybridized carbons (Fsp3) is 0.200. The molecular formula is C25H22ClFN4O4S2. The average Bonchev–Trinajstić information content (AvgIpc) is 3.50. The van der Waals surface area contributed by atoms with E-state index >= 15 is 0 Å². The topological polar surface area (TPSA) is 95.3 Å². The molecule has 2 heterocycles. The lowest BCUT2D eigenvalue weighted by atomic mass is 10.0. The van der Waals surface area contributed by atoms with Gasteiger partial charge in [-0.25, -0.2) is 9.18 Å². The Morgan fingerprint density at radius 1 is 1.14 bits per heavy atom. The largest absolute Gasteiger partial charge is 0.486 e. The number of carbonyl (C=O) groups excluding carboxylic acids is 2. The second kappa shape index (κ2) is 12.2. The van der Waals surface area contributed by atoms with Gasteiger partial charge in [0.2, 0.25) is 5.91 Å². The third-order valence-electron chi connectivity index (χ3n) is 5.21. The van der Waals surface area contributed by atoms with Gasteiger partial charge in [0, 0.05) is 22.5 Å². The van der Waals surface area contributed by atoms with E-state index in [-0.39, 0.29) is 29.6 Å². The third kappa shape index (κ3) is 6.48. The van der Waals surface area contributed by atoms with E-state index < -0.39 is 5.97 Å². The number of carbonyl (C=O) groups is 2. The van der Waals surface area contributed by atoms with Crippen LogP contribution >= 0.6 is 34.7 Å². The molecule has 1 amide bonds. The molecule has 0 bridgehead atoms. The SMILES string of the molecule is CCn1c(COc2ccc(Cl)cc2)nnc1SCC(=O)Nc1scc(-c2ccc(F)cc2)c1C(=O)OC. The average molecular weight is 561 g/mol. The first-order valence-corrected chi connectivity index (χ1v) is 13.3. The van der Waals surface area contributed by atoms with Crippen molar-refractivity contribution in [3.05, 3.63) is 76.1 Å². The molecule has 37 heavy (non-hydrogen) atoms. The van der Waals surface area contributed by atoms with Crippen molar-refractivity contribution >= 4 is 51.6 Å². The van der Waals surface area contributed by atoms with E-state index in [0.29, 0.717) is 44.4 Å². The number of hydrogen-bond donors (Lipinski definition) is 1. The molecule has 0 radical (unpaired) electrons. The zero-order chi connectivity index (χ0) is 26.4. The van der Waals surface area contributed by atoms with Gasteiger partial charge in [0.25, 0.3) is 0 Å². The summed E-state index contributed by atoms with van der Waals surface area (Å²) in [5.74, 6) is 0.00720. The van der Waals surface area contributed by atoms with Crippen LogP contribution in [0.4, 0.5) is 9.39 Å². The number of thiophene rings is 1. The Balaban J connectivity index is 1.42. The number of nitrogens with one attached hydrogen (secondary N) is 1. The van der Waals surface area contributed by atoms with Gasteiger partial charge in [-0.05, 0) is 48.9 Å². The number of benzene rings is 2. The summed E-state index contributed by atoms with van der Waals surface area (Å²) in [7, 11) is 1.27. The molecule has 192 valence electrons. The predicted molar refractivity (Wildman–Crippen MR) is 142 cm³/mol. The molecule has 1 N–H and O–H groups in total. The molecule has 0 atom stereocenters. The highest BCUT2D eigenvalue weighted by molar-refractivity contribution is 7.99. The number of anilines is 1. The van der Waals surface area contributed by atoms with Crippen molar-refractivity contribution in [1.29, 1.82) is 0 Å². The Morgan fingerprint density at radius 2 is 1.86 bits per heavy atom. The Bertz CT molecular complexity index is 1390. The predicted octanol–water partition coefficient (Wildman–Crippen LogP) is 5.92. The molecule has 0 unspecified atom stereocenters. The van der Waals surface area contributed by atoms with Crippen molar-refractivity contribution in [2.45, 2.75) is 25.2 Å². The van der Waals surface area contributed by atoms with Crippen LogP contribution in [0.2, 0.25) is 5.02 Å². The number of ether oxygens (including phenoxy) is 2. The number of hydrogen-bond acceptors (Lipinski definition) is 8. The van der Waals surface area contributed by atoms with Crippen molar-refractivity contribution < 1.29 is 23.5 Å². The number of methoxy groups -OCH3 is 1. The molecule has 2 aromatic carbocycles. The molecule has 12 heteroatoms. The number of halogens is 2. The van der Waals surface area contributed by atoms with Crippen molar-refractivity contribution in [3.63, 3.8) is 0 Å². The Morgan fingerprint density at radius 3 is 2.54 bits per heavy atom. The Kier molecular flexibility index (Phi) is 8.80. The molecule has 0 spiro atoms. The first-order valence-electron chi connectivity index (χ1n) is 11.1. The maximum Gasteiger partial charge on any atom is 0.341 e. The van der Waals surface area contributed by atoms with Crippen molar-refractivity contribution in [2.24, 2.45) is 0 Å². The van der Waals surface area contributed by atoms with E-state index in [4.69, 9.17) is 21.1 Å². The van der Waals surface area contributed by atoms with E-state index in [9.17, 15) is 14.0 Å². The van der Waals surface area contributed by atoms with Crippen molar-refractivity contribution in [1.82, 2.24) is 14.8 Å². The highest BCUT2D eigenvalue weighted by atomic mass is 35.5. The second-order valence-electron chi connectivity index (χ2n) is 7.57. The molecular weight excluding hydrogens is 539 g/mol. The van der Waals surface area contributed by atoms with Crippen LogP contribution in [0.25, 0.3) is 11.1 Å². The van der Waals surface area contributed by atoms with Crippen LogP contribution in [0, 0.1) is 5.82 Å². The summed E-state index contributed by atoms with van der Waals surface area (Å²) in [5.41, 5.74) is 1.41. The summed E-state index contributed by atoms with van der Waals surface area (Å²) < 4.78 is 25.9. The Labute approximate surface area is 225 Å². The van der Waals surface area contributed by atoms with Gasteiger partial charge in [-0.3, -0.25) is 4.79 Å². The maximum absolute atomic E-state index is 13.3. The smallest absolute Gasteiger partial charge is 0.341 e. The first kappa shape index (κ1) is 26.6.